The van der Waals surface area contributed by atoms with E-state index in [4.69, 9.17) is 18.8 Å². The van der Waals surface area contributed by atoms with Crippen LogP contribution in [0.1, 0.15) is 0 Å². The quantitative estimate of drug-likeness (QED) is 0.188. The summed E-state index contributed by atoms with van der Waals surface area (Å²) in [5, 5.41) is 4.43. The molecule has 0 amide bonds. The van der Waals surface area contributed by atoms with Gasteiger partial charge < -0.3 is 8.83 Å². The number of hydrogen-bond donors (Lipinski definition) is 0. The molecule has 0 saturated carbocycles. The lowest BCUT2D eigenvalue weighted by atomic mass is 10.00. The normalized spacial score (nSPS) is 11.6. The lowest BCUT2D eigenvalue weighted by molar-refractivity contribution is 0.668. The van der Waals surface area contributed by atoms with Crippen LogP contribution in [0.15, 0.2) is 179 Å². The van der Waals surface area contributed by atoms with Crippen LogP contribution in [0.2, 0.25) is 0 Å². The summed E-state index contributed by atoms with van der Waals surface area (Å²) in [7, 11) is 0. The molecule has 0 aliphatic heterocycles. The minimum Gasteiger partial charge on any atom is -0.456 e. The highest BCUT2D eigenvalue weighted by Crippen LogP contribution is 2.36. The number of rotatable bonds is 5. The van der Waals surface area contributed by atoms with Gasteiger partial charge in [-0.05, 0) is 70.8 Å². The molecule has 0 atom stereocenters. The highest BCUT2D eigenvalue weighted by atomic mass is 16.3. The maximum Gasteiger partial charge on any atom is 0.160 e. The van der Waals surface area contributed by atoms with E-state index in [-0.39, 0.29) is 0 Å². The topological polar surface area (TPSA) is 52.1 Å². The number of hydrogen-bond acceptors (Lipinski definition) is 4. The molecule has 50 heavy (non-hydrogen) atoms. The largest absolute Gasteiger partial charge is 0.456 e. The Morgan fingerprint density at radius 2 is 0.740 bits per heavy atom. The minimum absolute atomic E-state index is 0.654. The Balaban J connectivity index is 1.10. The highest BCUT2D eigenvalue weighted by Gasteiger charge is 2.15. The van der Waals surface area contributed by atoms with Crippen LogP contribution in [-0.2, 0) is 0 Å². The van der Waals surface area contributed by atoms with Gasteiger partial charge in [-0.1, -0.05) is 121 Å². The van der Waals surface area contributed by atoms with Crippen LogP contribution in [0.4, 0.5) is 0 Å². The van der Waals surface area contributed by atoms with Gasteiger partial charge in [0.15, 0.2) is 5.82 Å². The number of nitrogens with zero attached hydrogens (tertiary/aromatic N) is 2. The first-order valence-electron chi connectivity index (χ1n) is 16.7. The number of para-hydroxylation sites is 2. The number of furan rings is 2. The Hall–Kier alpha value is -6.78. The van der Waals surface area contributed by atoms with Crippen molar-refractivity contribution < 1.29 is 8.83 Å². The fourth-order valence-corrected chi connectivity index (χ4v) is 6.96. The minimum atomic E-state index is 0.654. The molecule has 0 radical (unpaired) electrons. The Bertz CT molecular complexity index is 2860. The molecule has 3 heterocycles. The Kier molecular flexibility index (Phi) is 6.46. The summed E-state index contributed by atoms with van der Waals surface area (Å²) >= 11 is 0. The van der Waals surface area contributed by atoms with Gasteiger partial charge >= 0.3 is 0 Å². The molecule has 3 aromatic heterocycles. The van der Waals surface area contributed by atoms with E-state index in [1.54, 1.807) is 0 Å². The summed E-state index contributed by atoms with van der Waals surface area (Å²) < 4.78 is 12.5. The molecule has 0 aliphatic rings. The van der Waals surface area contributed by atoms with Gasteiger partial charge in [-0.15, -0.1) is 0 Å². The first-order chi connectivity index (χ1) is 24.7. The number of fused-ring (bicyclic) bond motifs is 6. The van der Waals surface area contributed by atoms with Crippen LogP contribution in [0, 0.1) is 0 Å². The molecular weight excluding hydrogens is 613 g/mol. The fraction of sp³-hybridized carbons (Fsp3) is 0. The second-order valence-corrected chi connectivity index (χ2v) is 12.6. The summed E-state index contributed by atoms with van der Waals surface area (Å²) in [5.41, 5.74) is 12.5. The SMILES string of the molecule is c1ccc(-c2ccc(-c3cc(-c4ccc5c(c4)oc4ccccc45)nc(-c4cccc(-c5ccc6c(c5)oc5ccccc56)c4)n3)cc2)cc1. The molecule has 0 fully saturated rings. The van der Waals surface area contributed by atoms with Crippen molar-refractivity contribution in [2.24, 2.45) is 0 Å². The second kappa shape index (κ2) is 11.4. The van der Waals surface area contributed by atoms with Crippen molar-refractivity contribution in [3.8, 4) is 56.2 Å². The number of aromatic nitrogens is 2. The van der Waals surface area contributed by atoms with E-state index in [1.807, 2.05) is 42.5 Å². The molecule has 0 unspecified atom stereocenters. The lowest BCUT2D eigenvalue weighted by Crippen LogP contribution is -1.96. The van der Waals surface area contributed by atoms with Crippen LogP contribution < -0.4 is 0 Å². The van der Waals surface area contributed by atoms with Crippen molar-refractivity contribution in [3.05, 3.63) is 170 Å². The zero-order valence-corrected chi connectivity index (χ0v) is 26.9. The molecule has 4 nitrogen and oxygen atoms in total. The summed E-state index contributed by atoms with van der Waals surface area (Å²) in [5.74, 6) is 0.654. The van der Waals surface area contributed by atoms with Gasteiger partial charge in [-0.25, -0.2) is 9.97 Å². The van der Waals surface area contributed by atoms with Crippen molar-refractivity contribution in [1.82, 2.24) is 9.97 Å². The van der Waals surface area contributed by atoms with E-state index in [9.17, 15) is 0 Å². The maximum absolute atomic E-state index is 6.26. The molecule has 10 aromatic rings. The lowest BCUT2D eigenvalue weighted by Gasteiger charge is -2.11. The van der Waals surface area contributed by atoms with Gasteiger partial charge in [0.25, 0.3) is 0 Å². The predicted octanol–water partition coefficient (Wildman–Crippen LogP) is 12.6. The summed E-state index contributed by atoms with van der Waals surface area (Å²) in [6, 6.07) is 58.6. The van der Waals surface area contributed by atoms with E-state index in [2.05, 4.69) is 127 Å². The molecule has 10 rings (SSSR count). The zero-order chi connectivity index (χ0) is 33.0. The van der Waals surface area contributed by atoms with Gasteiger partial charge in [0, 0.05) is 38.2 Å². The Labute approximate surface area is 287 Å². The van der Waals surface area contributed by atoms with E-state index in [0.717, 1.165) is 88.6 Å². The summed E-state index contributed by atoms with van der Waals surface area (Å²) in [6.07, 6.45) is 0. The van der Waals surface area contributed by atoms with Crippen molar-refractivity contribution in [2.45, 2.75) is 0 Å². The monoisotopic (exact) mass is 640 g/mol. The number of benzene rings is 7. The standard InChI is InChI=1S/C46H28N2O2/c1-2-9-29(10-3-1)30-17-19-31(20-18-30)40-28-41(34-22-24-39-37-14-5-7-16-43(37)50-45(39)27-34)48-46(47-40)35-12-8-11-32(25-35)33-21-23-38-36-13-4-6-15-42(36)49-44(38)26-33/h1-28H. The van der Waals surface area contributed by atoms with E-state index >= 15 is 0 Å². The van der Waals surface area contributed by atoms with Crippen molar-refractivity contribution in [2.75, 3.05) is 0 Å². The smallest absolute Gasteiger partial charge is 0.160 e. The third kappa shape index (κ3) is 4.85. The average Bonchev–Trinajstić information content (AvgIpc) is 3.76. The van der Waals surface area contributed by atoms with Crippen molar-refractivity contribution in [1.29, 1.82) is 0 Å². The second-order valence-electron chi connectivity index (χ2n) is 12.6. The molecule has 4 heteroatoms. The molecule has 0 N–H and O–H groups in total. The van der Waals surface area contributed by atoms with Crippen LogP contribution >= 0.6 is 0 Å². The van der Waals surface area contributed by atoms with Gasteiger partial charge in [-0.3, -0.25) is 0 Å². The van der Waals surface area contributed by atoms with Gasteiger partial charge in [0.05, 0.1) is 11.4 Å². The van der Waals surface area contributed by atoms with Crippen LogP contribution in [0.25, 0.3) is 100 Å². The Morgan fingerprint density at radius 1 is 0.280 bits per heavy atom. The first-order valence-corrected chi connectivity index (χ1v) is 16.7. The van der Waals surface area contributed by atoms with Crippen LogP contribution in [0.3, 0.4) is 0 Å². The van der Waals surface area contributed by atoms with Crippen LogP contribution in [0.5, 0.6) is 0 Å². The van der Waals surface area contributed by atoms with Crippen molar-refractivity contribution in [3.63, 3.8) is 0 Å². The van der Waals surface area contributed by atoms with Crippen LogP contribution in [-0.4, -0.2) is 9.97 Å². The molecular formula is C46H28N2O2. The molecule has 0 bridgehead atoms. The fourth-order valence-electron chi connectivity index (χ4n) is 6.96. The highest BCUT2D eigenvalue weighted by molar-refractivity contribution is 6.07. The average molecular weight is 641 g/mol. The predicted molar refractivity (Wildman–Crippen MR) is 204 cm³/mol. The van der Waals surface area contributed by atoms with E-state index in [0.29, 0.717) is 5.82 Å². The Morgan fingerprint density at radius 3 is 1.44 bits per heavy atom. The molecule has 0 aliphatic carbocycles. The molecule has 7 aromatic carbocycles. The summed E-state index contributed by atoms with van der Waals surface area (Å²) in [6.45, 7) is 0. The van der Waals surface area contributed by atoms with Gasteiger partial charge in [0.1, 0.15) is 22.3 Å². The third-order valence-electron chi connectivity index (χ3n) is 9.52. The third-order valence-corrected chi connectivity index (χ3v) is 9.52. The van der Waals surface area contributed by atoms with Crippen molar-refractivity contribution >= 4 is 43.9 Å². The maximum atomic E-state index is 6.26. The van der Waals surface area contributed by atoms with Gasteiger partial charge in [-0.2, -0.15) is 0 Å². The summed E-state index contributed by atoms with van der Waals surface area (Å²) in [4.78, 5) is 10.3. The zero-order valence-electron chi connectivity index (χ0n) is 26.9. The van der Waals surface area contributed by atoms with Gasteiger partial charge in [0.2, 0.25) is 0 Å². The first kappa shape index (κ1) is 28.3. The van der Waals surface area contributed by atoms with E-state index in [1.165, 1.54) is 5.56 Å². The molecule has 0 saturated heterocycles. The molecule has 0 spiro atoms. The molecule has 234 valence electrons. The van der Waals surface area contributed by atoms with E-state index < -0.39 is 0 Å².